The van der Waals surface area contributed by atoms with Crippen molar-refractivity contribution < 1.29 is 13.5 Å². The van der Waals surface area contributed by atoms with Gasteiger partial charge in [0.2, 0.25) is 5.88 Å². The number of benzene rings is 1. The van der Waals surface area contributed by atoms with E-state index in [1.165, 1.54) is 22.9 Å². The second kappa shape index (κ2) is 6.91. The van der Waals surface area contributed by atoms with Crippen molar-refractivity contribution in [3.8, 4) is 22.9 Å². The Morgan fingerprint density at radius 3 is 2.50 bits per heavy atom. The third kappa shape index (κ3) is 3.26. The summed E-state index contributed by atoms with van der Waals surface area (Å²) < 4.78 is 32.8. The highest BCUT2D eigenvalue weighted by Crippen LogP contribution is 2.31. The van der Waals surface area contributed by atoms with Gasteiger partial charge in [-0.2, -0.15) is 0 Å². The lowest BCUT2D eigenvalue weighted by Gasteiger charge is -2.12. The van der Waals surface area contributed by atoms with Crippen LogP contribution in [0, 0.1) is 6.92 Å². The molecular formula is C18H15F2N3O3. The van der Waals surface area contributed by atoms with E-state index < -0.39 is 17.7 Å². The van der Waals surface area contributed by atoms with Gasteiger partial charge in [0, 0.05) is 18.8 Å². The molecule has 0 radical (unpaired) electrons. The van der Waals surface area contributed by atoms with Crippen molar-refractivity contribution in [1.29, 1.82) is 0 Å². The van der Waals surface area contributed by atoms with Crippen molar-refractivity contribution in [2.45, 2.75) is 13.3 Å². The number of H-pyrrole nitrogens is 1. The molecule has 0 spiro atoms. The minimum absolute atomic E-state index is 0.171. The van der Waals surface area contributed by atoms with Gasteiger partial charge in [-0.3, -0.25) is 14.3 Å². The molecule has 0 fully saturated rings. The Morgan fingerprint density at radius 2 is 1.85 bits per heavy atom. The average Bonchev–Trinajstić information content (AvgIpc) is 2.62. The molecule has 3 rings (SSSR count). The number of aromatic amines is 1. The van der Waals surface area contributed by atoms with Gasteiger partial charge in [-0.05, 0) is 48.9 Å². The van der Waals surface area contributed by atoms with E-state index >= 15 is 0 Å². The van der Waals surface area contributed by atoms with Gasteiger partial charge in [0.1, 0.15) is 5.75 Å². The fourth-order valence-electron chi connectivity index (χ4n) is 2.59. The summed E-state index contributed by atoms with van der Waals surface area (Å²) in [5.74, 6) is 0.136. The Balaban J connectivity index is 1.96. The fraction of sp³-hybridized carbons (Fsp3) is 0.167. The van der Waals surface area contributed by atoms with Crippen LogP contribution in [0.4, 0.5) is 8.78 Å². The maximum atomic E-state index is 13.0. The Morgan fingerprint density at radius 1 is 1.15 bits per heavy atom. The van der Waals surface area contributed by atoms with Crippen LogP contribution in [-0.4, -0.2) is 14.5 Å². The summed E-state index contributed by atoms with van der Waals surface area (Å²) in [6.45, 7) is 1.61. The lowest BCUT2D eigenvalue weighted by Crippen LogP contribution is -2.31. The number of halogens is 2. The highest BCUT2D eigenvalue weighted by atomic mass is 19.3. The van der Waals surface area contributed by atoms with Gasteiger partial charge in [0.25, 0.3) is 12.0 Å². The molecule has 134 valence electrons. The molecule has 0 unspecified atom stereocenters. The third-order valence-electron chi connectivity index (χ3n) is 3.93. The van der Waals surface area contributed by atoms with Crippen molar-refractivity contribution in [2.75, 3.05) is 0 Å². The standard InChI is InChI=1S/C18H15F2N3O3/c1-10-14(23(2)18(25)22-16(10)24)11-5-7-12(8-6-11)26-17-13(15(19)20)4-3-9-21-17/h3-9,15H,1-2H3,(H,22,24,25). The molecule has 0 aliphatic carbocycles. The first-order valence-electron chi connectivity index (χ1n) is 7.69. The van der Waals surface area contributed by atoms with Gasteiger partial charge < -0.3 is 4.74 Å². The number of ether oxygens (including phenoxy) is 1. The van der Waals surface area contributed by atoms with E-state index in [0.29, 0.717) is 22.6 Å². The third-order valence-corrected chi connectivity index (χ3v) is 3.93. The number of hydrogen-bond acceptors (Lipinski definition) is 4. The summed E-state index contributed by atoms with van der Waals surface area (Å²) in [7, 11) is 1.55. The highest BCUT2D eigenvalue weighted by molar-refractivity contribution is 5.63. The average molecular weight is 359 g/mol. The first kappa shape index (κ1) is 17.5. The number of hydrogen-bond donors (Lipinski definition) is 1. The van der Waals surface area contributed by atoms with Gasteiger partial charge in [-0.25, -0.2) is 18.6 Å². The van der Waals surface area contributed by atoms with E-state index in [0.717, 1.165) is 0 Å². The molecule has 2 heterocycles. The van der Waals surface area contributed by atoms with Gasteiger partial charge in [0.05, 0.1) is 11.3 Å². The van der Waals surface area contributed by atoms with E-state index in [1.54, 1.807) is 38.2 Å². The minimum Gasteiger partial charge on any atom is -0.439 e. The zero-order valence-corrected chi connectivity index (χ0v) is 14.0. The number of rotatable bonds is 4. The fourth-order valence-corrected chi connectivity index (χ4v) is 2.59. The lowest BCUT2D eigenvalue weighted by atomic mass is 10.1. The van der Waals surface area contributed by atoms with Crippen LogP contribution < -0.4 is 16.0 Å². The normalized spacial score (nSPS) is 11.0. The zero-order chi connectivity index (χ0) is 18.8. The van der Waals surface area contributed by atoms with Crippen LogP contribution in [0.3, 0.4) is 0 Å². The van der Waals surface area contributed by atoms with Crippen LogP contribution in [0.15, 0.2) is 52.2 Å². The molecule has 3 aromatic rings. The quantitative estimate of drug-likeness (QED) is 0.776. The Labute approximate surface area is 146 Å². The topological polar surface area (TPSA) is 77.0 Å². The minimum atomic E-state index is -2.70. The Hall–Kier alpha value is -3.29. The molecule has 2 aromatic heterocycles. The monoisotopic (exact) mass is 359 g/mol. The predicted molar refractivity (Wildman–Crippen MR) is 91.7 cm³/mol. The summed E-state index contributed by atoms with van der Waals surface area (Å²) in [6, 6.07) is 9.06. The van der Waals surface area contributed by atoms with Crippen LogP contribution in [0.2, 0.25) is 0 Å². The van der Waals surface area contributed by atoms with Crippen molar-refractivity contribution in [1.82, 2.24) is 14.5 Å². The van der Waals surface area contributed by atoms with Crippen LogP contribution >= 0.6 is 0 Å². The molecule has 0 aliphatic rings. The van der Waals surface area contributed by atoms with E-state index in [-0.39, 0.29) is 11.4 Å². The summed E-state index contributed by atoms with van der Waals surface area (Å²) in [4.78, 5) is 29.7. The molecule has 1 aromatic carbocycles. The van der Waals surface area contributed by atoms with Crippen LogP contribution in [0.1, 0.15) is 17.6 Å². The van der Waals surface area contributed by atoms with Gasteiger partial charge in [-0.1, -0.05) is 0 Å². The SMILES string of the molecule is Cc1c(-c2ccc(Oc3ncccc3C(F)F)cc2)n(C)c(=O)[nH]c1=O. The van der Waals surface area contributed by atoms with Gasteiger partial charge in [0.15, 0.2) is 0 Å². The number of pyridine rings is 1. The van der Waals surface area contributed by atoms with Crippen molar-refractivity contribution in [2.24, 2.45) is 7.05 Å². The molecule has 0 bridgehead atoms. The maximum absolute atomic E-state index is 13.0. The van der Waals surface area contributed by atoms with E-state index in [4.69, 9.17) is 4.74 Å². The van der Waals surface area contributed by atoms with Crippen molar-refractivity contribution in [3.05, 3.63) is 74.6 Å². The van der Waals surface area contributed by atoms with E-state index in [1.807, 2.05) is 0 Å². The highest BCUT2D eigenvalue weighted by Gasteiger charge is 2.16. The molecule has 0 atom stereocenters. The summed E-state index contributed by atoms with van der Waals surface area (Å²) >= 11 is 0. The Kier molecular flexibility index (Phi) is 4.66. The smallest absolute Gasteiger partial charge is 0.328 e. The molecule has 26 heavy (non-hydrogen) atoms. The van der Waals surface area contributed by atoms with Crippen LogP contribution in [0.5, 0.6) is 11.6 Å². The van der Waals surface area contributed by atoms with Crippen LogP contribution in [0.25, 0.3) is 11.3 Å². The van der Waals surface area contributed by atoms with Crippen molar-refractivity contribution in [3.63, 3.8) is 0 Å². The largest absolute Gasteiger partial charge is 0.439 e. The molecular weight excluding hydrogens is 344 g/mol. The molecule has 0 aliphatic heterocycles. The molecule has 8 heteroatoms. The lowest BCUT2D eigenvalue weighted by molar-refractivity contribution is 0.147. The van der Waals surface area contributed by atoms with E-state index in [9.17, 15) is 18.4 Å². The van der Waals surface area contributed by atoms with Gasteiger partial charge >= 0.3 is 5.69 Å². The number of nitrogens with one attached hydrogen (secondary N) is 1. The van der Waals surface area contributed by atoms with Crippen molar-refractivity contribution >= 4 is 0 Å². The maximum Gasteiger partial charge on any atom is 0.328 e. The molecule has 0 saturated heterocycles. The second-order valence-corrected chi connectivity index (χ2v) is 5.62. The molecule has 0 saturated carbocycles. The number of nitrogens with zero attached hydrogens (tertiary/aromatic N) is 2. The molecule has 6 nitrogen and oxygen atoms in total. The molecule has 1 N–H and O–H groups in total. The first-order chi connectivity index (χ1) is 12.4. The van der Waals surface area contributed by atoms with E-state index in [2.05, 4.69) is 9.97 Å². The predicted octanol–water partition coefficient (Wildman–Crippen LogP) is 3.17. The Bertz CT molecular complexity index is 1020. The summed E-state index contributed by atoms with van der Waals surface area (Å²) in [5.41, 5.74) is 0.200. The molecule has 0 amide bonds. The zero-order valence-electron chi connectivity index (χ0n) is 14.0. The summed E-state index contributed by atoms with van der Waals surface area (Å²) in [5, 5.41) is 0. The van der Waals surface area contributed by atoms with Gasteiger partial charge in [-0.15, -0.1) is 0 Å². The number of alkyl halides is 2. The second-order valence-electron chi connectivity index (χ2n) is 5.62. The summed E-state index contributed by atoms with van der Waals surface area (Å²) in [6.07, 6.45) is -1.34. The number of aromatic nitrogens is 3. The van der Waals surface area contributed by atoms with Crippen LogP contribution in [-0.2, 0) is 7.05 Å². The first-order valence-corrected chi connectivity index (χ1v) is 7.69.